The number of guanidine groups is 1. The number of likely N-dealkylation sites (tertiary alicyclic amines) is 1. The van der Waals surface area contributed by atoms with Gasteiger partial charge in [0.25, 0.3) is 5.91 Å². The number of amides is 1. The smallest absolute Gasteiger partial charge is 0.251 e. The Morgan fingerprint density at radius 3 is 2.75 bits per heavy atom. The second-order valence-electron chi connectivity index (χ2n) is 6.99. The Labute approximate surface area is 144 Å². The molecule has 2 N–H and O–H groups in total. The highest BCUT2D eigenvalue weighted by Gasteiger charge is 2.43. The van der Waals surface area contributed by atoms with Gasteiger partial charge in [-0.05, 0) is 49.3 Å². The van der Waals surface area contributed by atoms with Gasteiger partial charge in [-0.3, -0.25) is 9.79 Å². The van der Waals surface area contributed by atoms with E-state index in [0.717, 1.165) is 24.6 Å². The van der Waals surface area contributed by atoms with Crippen LogP contribution in [0.3, 0.4) is 0 Å². The molecule has 0 aromatic heterocycles. The highest BCUT2D eigenvalue weighted by molar-refractivity contribution is 5.94. The van der Waals surface area contributed by atoms with Crippen molar-refractivity contribution >= 4 is 11.9 Å². The summed E-state index contributed by atoms with van der Waals surface area (Å²) < 4.78 is 0. The van der Waals surface area contributed by atoms with Crippen molar-refractivity contribution in [3.63, 3.8) is 0 Å². The van der Waals surface area contributed by atoms with Crippen molar-refractivity contribution in [1.29, 1.82) is 0 Å². The minimum absolute atomic E-state index is 0.0183. The quantitative estimate of drug-likeness (QED) is 0.659. The predicted octanol–water partition coefficient (Wildman–Crippen LogP) is 2.39. The molecule has 1 saturated carbocycles. The molecule has 1 heterocycles. The van der Waals surface area contributed by atoms with Crippen LogP contribution in [0.15, 0.2) is 29.3 Å². The molecule has 1 spiro atoms. The first-order chi connectivity index (χ1) is 11.7. The molecule has 0 bridgehead atoms. The zero-order chi connectivity index (χ0) is 17.0. The van der Waals surface area contributed by atoms with E-state index < -0.39 is 0 Å². The SMILES string of the molecule is CCNC(=O)c1cccc(CNC(=NC)N2CCC3(CCC3)C2)c1. The van der Waals surface area contributed by atoms with Crippen LogP contribution in [0, 0.1) is 5.41 Å². The Hall–Kier alpha value is -2.04. The molecule has 5 heteroatoms. The molecule has 1 aliphatic carbocycles. The number of nitrogens with zero attached hydrogens (tertiary/aromatic N) is 2. The second-order valence-corrected chi connectivity index (χ2v) is 6.99. The van der Waals surface area contributed by atoms with Gasteiger partial charge in [0.15, 0.2) is 5.96 Å². The zero-order valence-electron chi connectivity index (χ0n) is 14.8. The highest BCUT2D eigenvalue weighted by Crippen LogP contribution is 2.47. The Kier molecular flexibility index (Phi) is 5.07. The second kappa shape index (κ2) is 7.24. The first-order valence-electron chi connectivity index (χ1n) is 8.98. The Morgan fingerprint density at radius 2 is 2.12 bits per heavy atom. The average Bonchev–Trinajstić information content (AvgIpc) is 3.02. The van der Waals surface area contributed by atoms with Gasteiger partial charge < -0.3 is 15.5 Å². The summed E-state index contributed by atoms with van der Waals surface area (Å²) in [5, 5.41) is 6.30. The summed E-state index contributed by atoms with van der Waals surface area (Å²) in [4.78, 5) is 18.8. The summed E-state index contributed by atoms with van der Waals surface area (Å²) in [6, 6.07) is 7.77. The Morgan fingerprint density at radius 1 is 1.29 bits per heavy atom. The van der Waals surface area contributed by atoms with Crippen LogP contribution in [0.2, 0.25) is 0 Å². The van der Waals surface area contributed by atoms with Crippen LogP contribution in [0.1, 0.15) is 48.5 Å². The number of carbonyl (C=O) groups excluding carboxylic acids is 1. The number of nitrogens with one attached hydrogen (secondary N) is 2. The lowest BCUT2D eigenvalue weighted by Gasteiger charge is -2.38. The van der Waals surface area contributed by atoms with E-state index in [2.05, 4.69) is 20.5 Å². The summed E-state index contributed by atoms with van der Waals surface area (Å²) in [5.74, 6) is 0.956. The molecule has 2 fully saturated rings. The first kappa shape index (κ1) is 16.8. The van der Waals surface area contributed by atoms with E-state index in [0.29, 0.717) is 24.1 Å². The molecule has 1 aromatic carbocycles. The number of carbonyl (C=O) groups is 1. The molecule has 5 nitrogen and oxygen atoms in total. The normalized spacial score (nSPS) is 19.2. The lowest BCUT2D eigenvalue weighted by molar-refractivity contribution is 0.0955. The maximum Gasteiger partial charge on any atom is 0.251 e. The molecule has 1 aromatic rings. The highest BCUT2D eigenvalue weighted by atomic mass is 16.1. The molecule has 1 amide bonds. The van der Waals surface area contributed by atoms with Crippen molar-refractivity contribution in [2.24, 2.45) is 10.4 Å². The fraction of sp³-hybridized carbons (Fsp3) is 0.579. The van der Waals surface area contributed by atoms with Crippen molar-refractivity contribution in [2.75, 3.05) is 26.7 Å². The minimum atomic E-state index is -0.0183. The Bertz CT molecular complexity index is 622. The van der Waals surface area contributed by atoms with Crippen LogP contribution in [-0.2, 0) is 6.54 Å². The lowest BCUT2D eigenvalue weighted by atomic mass is 9.68. The molecule has 2 aliphatic rings. The first-order valence-corrected chi connectivity index (χ1v) is 8.98. The molecule has 24 heavy (non-hydrogen) atoms. The molecule has 1 saturated heterocycles. The van der Waals surface area contributed by atoms with E-state index in [4.69, 9.17) is 0 Å². The van der Waals surface area contributed by atoms with Crippen molar-refractivity contribution in [1.82, 2.24) is 15.5 Å². The summed E-state index contributed by atoms with van der Waals surface area (Å²) >= 11 is 0. The largest absolute Gasteiger partial charge is 0.352 e. The summed E-state index contributed by atoms with van der Waals surface area (Å²) in [7, 11) is 1.85. The van der Waals surface area contributed by atoms with Gasteiger partial charge in [0.1, 0.15) is 0 Å². The van der Waals surface area contributed by atoms with Crippen molar-refractivity contribution in [3.8, 4) is 0 Å². The van der Waals surface area contributed by atoms with E-state index >= 15 is 0 Å². The third kappa shape index (κ3) is 3.55. The van der Waals surface area contributed by atoms with Crippen LogP contribution in [-0.4, -0.2) is 43.4 Å². The number of hydrogen-bond donors (Lipinski definition) is 2. The van der Waals surface area contributed by atoms with Gasteiger partial charge in [-0.2, -0.15) is 0 Å². The van der Waals surface area contributed by atoms with Crippen LogP contribution in [0.4, 0.5) is 0 Å². The predicted molar refractivity (Wildman–Crippen MR) is 97.1 cm³/mol. The number of rotatable bonds is 4. The molecule has 0 atom stereocenters. The van der Waals surface area contributed by atoms with E-state index in [1.54, 1.807) is 0 Å². The number of aliphatic imine (C=N–C) groups is 1. The summed E-state index contributed by atoms with van der Waals surface area (Å²) in [5.41, 5.74) is 2.37. The minimum Gasteiger partial charge on any atom is -0.352 e. The van der Waals surface area contributed by atoms with Crippen molar-refractivity contribution in [2.45, 2.75) is 39.2 Å². The van der Waals surface area contributed by atoms with Gasteiger partial charge in [0.2, 0.25) is 0 Å². The van der Waals surface area contributed by atoms with E-state index in [1.165, 1.54) is 25.7 Å². The molecule has 130 valence electrons. The molecule has 3 rings (SSSR count). The van der Waals surface area contributed by atoms with Crippen LogP contribution < -0.4 is 10.6 Å². The number of benzene rings is 1. The van der Waals surface area contributed by atoms with Gasteiger partial charge in [-0.1, -0.05) is 18.6 Å². The average molecular weight is 328 g/mol. The summed E-state index contributed by atoms with van der Waals surface area (Å²) in [6.07, 6.45) is 5.41. The van der Waals surface area contributed by atoms with Crippen molar-refractivity contribution in [3.05, 3.63) is 35.4 Å². The fourth-order valence-electron chi connectivity index (χ4n) is 3.80. The van der Waals surface area contributed by atoms with Gasteiger partial charge in [0, 0.05) is 38.8 Å². The van der Waals surface area contributed by atoms with Gasteiger partial charge in [-0.15, -0.1) is 0 Å². The standard InChI is InChI=1S/C19H28N4O/c1-3-21-17(24)16-7-4-6-15(12-16)13-22-18(20-2)23-11-10-19(14-23)8-5-9-19/h4,6-7,12H,3,5,8-11,13-14H2,1-2H3,(H,20,22)(H,21,24). The van der Waals surface area contributed by atoms with Crippen molar-refractivity contribution < 1.29 is 4.79 Å². The fourth-order valence-corrected chi connectivity index (χ4v) is 3.80. The van der Waals surface area contributed by atoms with E-state index in [-0.39, 0.29) is 5.91 Å². The topological polar surface area (TPSA) is 56.7 Å². The third-order valence-corrected chi connectivity index (χ3v) is 5.34. The monoisotopic (exact) mass is 328 g/mol. The molecule has 0 radical (unpaired) electrons. The third-order valence-electron chi connectivity index (χ3n) is 5.34. The van der Waals surface area contributed by atoms with Gasteiger partial charge >= 0.3 is 0 Å². The van der Waals surface area contributed by atoms with Gasteiger partial charge in [0.05, 0.1) is 0 Å². The molecular weight excluding hydrogens is 300 g/mol. The maximum absolute atomic E-state index is 11.9. The molecular formula is C19H28N4O. The van der Waals surface area contributed by atoms with Crippen LogP contribution in [0.5, 0.6) is 0 Å². The molecule has 0 unspecified atom stereocenters. The maximum atomic E-state index is 11.9. The lowest BCUT2D eigenvalue weighted by Crippen LogP contribution is -2.42. The van der Waals surface area contributed by atoms with Gasteiger partial charge in [-0.25, -0.2) is 0 Å². The zero-order valence-corrected chi connectivity index (χ0v) is 14.8. The van der Waals surface area contributed by atoms with Crippen LogP contribution >= 0.6 is 0 Å². The summed E-state index contributed by atoms with van der Waals surface area (Å²) in [6.45, 7) is 5.48. The molecule has 1 aliphatic heterocycles. The van der Waals surface area contributed by atoms with Crippen LogP contribution in [0.25, 0.3) is 0 Å². The van der Waals surface area contributed by atoms with E-state index in [1.807, 2.05) is 38.2 Å². The Balaban J connectivity index is 1.58. The number of hydrogen-bond acceptors (Lipinski definition) is 2. The van der Waals surface area contributed by atoms with E-state index in [9.17, 15) is 4.79 Å².